The van der Waals surface area contributed by atoms with Crippen LogP contribution >= 0.6 is 11.6 Å². The van der Waals surface area contributed by atoms with Gasteiger partial charge in [0.2, 0.25) is 0 Å². The number of halogens is 1. The SMILES string of the molecule is CC(C)(C)OC(=O)[C@H](Cc1ccc(NC(=O)Oc2ccccc2)cc1)N1CCN(c2cc(Cl)ccc2-n2cnnn2)C(=O)C1=O. The van der Waals surface area contributed by atoms with Gasteiger partial charge in [0.05, 0.1) is 11.4 Å². The van der Waals surface area contributed by atoms with E-state index in [1.54, 1.807) is 87.5 Å². The Balaban J connectivity index is 1.34. The molecule has 1 aromatic heterocycles. The highest BCUT2D eigenvalue weighted by Gasteiger charge is 2.42. The Bertz CT molecular complexity index is 1690. The second kappa shape index (κ2) is 13.1. The lowest BCUT2D eigenvalue weighted by atomic mass is 10.0. The summed E-state index contributed by atoms with van der Waals surface area (Å²) >= 11 is 6.24. The second-order valence-electron chi connectivity index (χ2n) is 11.1. The minimum absolute atomic E-state index is 0.0427. The first-order chi connectivity index (χ1) is 21.5. The van der Waals surface area contributed by atoms with E-state index in [0.717, 1.165) is 0 Å². The molecule has 1 fully saturated rings. The number of anilines is 2. The molecule has 0 radical (unpaired) electrons. The van der Waals surface area contributed by atoms with Crippen LogP contribution in [-0.4, -0.2) is 73.7 Å². The van der Waals surface area contributed by atoms with Crippen LogP contribution in [0.25, 0.3) is 5.69 Å². The van der Waals surface area contributed by atoms with Crippen LogP contribution in [0.15, 0.2) is 79.1 Å². The standard InChI is InChI=1S/C31H30ClN7O6/c1-31(2,3)45-29(42)26(17-20-9-12-22(13-10-20)34-30(43)44-23-7-5-4-6-8-23)38-16-15-37(27(40)28(38)41)25-18-21(32)11-14-24(25)39-19-33-35-36-39/h4-14,18-19,26H,15-17H2,1-3H3,(H,34,43)/t26-/m0/s1. The third-order valence-electron chi connectivity index (χ3n) is 6.72. The van der Waals surface area contributed by atoms with Crippen molar-refractivity contribution in [1.29, 1.82) is 0 Å². The van der Waals surface area contributed by atoms with Gasteiger partial charge in [-0.2, -0.15) is 4.68 Å². The van der Waals surface area contributed by atoms with Crippen molar-refractivity contribution in [2.45, 2.75) is 38.8 Å². The van der Waals surface area contributed by atoms with Gasteiger partial charge in [0.15, 0.2) is 0 Å². The van der Waals surface area contributed by atoms with E-state index in [0.29, 0.717) is 33.4 Å². The molecule has 3 aromatic carbocycles. The summed E-state index contributed by atoms with van der Waals surface area (Å²) in [5, 5.41) is 14.2. The van der Waals surface area contributed by atoms with Crippen LogP contribution in [0.4, 0.5) is 16.2 Å². The molecule has 1 saturated heterocycles. The number of aromatic nitrogens is 4. The molecule has 13 nitrogen and oxygen atoms in total. The summed E-state index contributed by atoms with van der Waals surface area (Å²) in [7, 11) is 0. The normalized spacial score (nSPS) is 14.2. The minimum Gasteiger partial charge on any atom is -0.458 e. The molecule has 232 valence electrons. The number of piperazine rings is 1. The zero-order valence-corrected chi connectivity index (χ0v) is 25.5. The Hall–Kier alpha value is -5.30. The lowest BCUT2D eigenvalue weighted by molar-refractivity contribution is -0.166. The molecule has 2 heterocycles. The Kier molecular flexibility index (Phi) is 9.09. The molecule has 0 aliphatic carbocycles. The summed E-state index contributed by atoms with van der Waals surface area (Å²) in [5.74, 6) is -1.97. The van der Waals surface area contributed by atoms with Crippen LogP contribution in [0.5, 0.6) is 5.75 Å². The topological polar surface area (TPSA) is 149 Å². The summed E-state index contributed by atoms with van der Waals surface area (Å²) in [6.07, 6.45) is 0.766. The van der Waals surface area contributed by atoms with Gasteiger partial charge in [0, 0.05) is 30.2 Å². The summed E-state index contributed by atoms with van der Waals surface area (Å²) in [6, 6.07) is 19.1. The van der Waals surface area contributed by atoms with E-state index in [9.17, 15) is 19.2 Å². The van der Waals surface area contributed by atoms with E-state index in [-0.39, 0.29) is 19.5 Å². The molecule has 45 heavy (non-hydrogen) atoms. The van der Waals surface area contributed by atoms with Crippen LogP contribution in [-0.2, 0) is 25.5 Å². The lowest BCUT2D eigenvalue weighted by Crippen LogP contribution is -2.60. The number of hydrogen-bond donors (Lipinski definition) is 1. The highest BCUT2D eigenvalue weighted by atomic mass is 35.5. The van der Waals surface area contributed by atoms with Crippen molar-refractivity contribution < 1.29 is 28.7 Å². The van der Waals surface area contributed by atoms with Crippen LogP contribution in [0.3, 0.4) is 0 Å². The number of amides is 3. The monoisotopic (exact) mass is 631 g/mol. The number of esters is 1. The molecule has 14 heteroatoms. The molecule has 0 bridgehead atoms. The van der Waals surface area contributed by atoms with E-state index < -0.39 is 35.5 Å². The van der Waals surface area contributed by atoms with E-state index in [4.69, 9.17) is 21.1 Å². The van der Waals surface area contributed by atoms with Crippen LogP contribution in [0.1, 0.15) is 26.3 Å². The summed E-state index contributed by atoms with van der Waals surface area (Å²) in [5.41, 5.74) is 1.10. The third kappa shape index (κ3) is 7.62. The van der Waals surface area contributed by atoms with Crippen molar-refractivity contribution in [3.63, 3.8) is 0 Å². The Labute approximate surface area is 263 Å². The maximum absolute atomic E-state index is 13.6. The van der Waals surface area contributed by atoms with Crippen molar-refractivity contribution in [3.8, 4) is 11.4 Å². The number of rotatable bonds is 8. The fourth-order valence-corrected chi connectivity index (χ4v) is 4.90. The Morgan fingerprint density at radius 3 is 2.36 bits per heavy atom. The molecule has 5 rings (SSSR count). The molecule has 0 spiro atoms. The second-order valence-corrected chi connectivity index (χ2v) is 11.6. The van der Waals surface area contributed by atoms with Gasteiger partial charge in [-0.25, -0.2) is 9.59 Å². The van der Waals surface area contributed by atoms with Gasteiger partial charge in [0.1, 0.15) is 23.7 Å². The predicted octanol–water partition coefficient (Wildman–Crippen LogP) is 4.05. The van der Waals surface area contributed by atoms with Crippen LogP contribution < -0.4 is 15.0 Å². The van der Waals surface area contributed by atoms with Gasteiger partial charge < -0.3 is 19.3 Å². The molecule has 1 atom stereocenters. The molecular weight excluding hydrogens is 602 g/mol. The lowest BCUT2D eigenvalue weighted by Gasteiger charge is -2.38. The molecule has 0 unspecified atom stereocenters. The first-order valence-electron chi connectivity index (χ1n) is 14.0. The first kappa shape index (κ1) is 31.1. The maximum atomic E-state index is 13.6. The number of hydrogen-bond acceptors (Lipinski definition) is 9. The van der Waals surface area contributed by atoms with Gasteiger partial charge in [-0.05, 0) is 79.2 Å². The molecule has 1 N–H and O–H groups in total. The quantitative estimate of drug-likeness (QED) is 0.224. The van der Waals surface area contributed by atoms with Crippen molar-refractivity contribution in [1.82, 2.24) is 25.1 Å². The highest BCUT2D eigenvalue weighted by molar-refractivity contribution is 6.41. The minimum atomic E-state index is -1.09. The molecular formula is C31H30ClN7O6. The van der Waals surface area contributed by atoms with Gasteiger partial charge in [-0.15, -0.1) is 5.10 Å². The zero-order valence-electron chi connectivity index (χ0n) is 24.7. The van der Waals surface area contributed by atoms with Gasteiger partial charge in [-0.1, -0.05) is 41.9 Å². The number of nitrogens with zero attached hydrogens (tertiary/aromatic N) is 6. The summed E-state index contributed by atoms with van der Waals surface area (Å²) in [6.45, 7) is 5.29. The van der Waals surface area contributed by atoms with E-state index in [2.05, 4.69) is 20.8 Å². The molecule has 1 aliphatic rings. The van der Waals surface area contributed by atoms with Gasteiger partial charge in [-0.3, -0.25) is 14.9 Å². The largest absolute Gasteiger partial charge is 0.458 e. The van der Waals surface area contributed by atoms with E-state index in [1.165, 1.54) is 20.8 Å². The molecule has 1 aliphatic heterocycles. The number of ether oxygens (including phenoxy) is 2. The van der Waals surface area contributed by atoms with Crippen molar-refractivity contribution in [2.24, 2.45) is 0 Å². The first-order valence-corrected chi connectivity index (χ1v) is 14.4. The predicted molar refractivity (Wildman–Crippen MR) is 164 cm³/mol. The number of nitrogens with one attached hydrogen (secondary N) is 1. The van der Waals surface area contributed by atoms with Crippen molar-refractivity contribution in [2.75, 3.05) is 23.3 Å². The van der Waals surface area contributed by atoms with E-state index in [1.807, 2.05) is 6.07 Å². The van der Waals surface area contributed by atoms with Gasteiger partial charge in [0.25, 0.3) is 0 Å². The Morgan fingerprint density at radius 1 is 0.956 bits per heavy atom. The Morgan fingerprint density at radius 2 is 1.69 bits per heavy atom. The van der Waals surface area contributed by atoms with Crippen LogP contribution in [0.2, 0.25) is 5.02 Å². The number of tetrazole rings is 1. The smallest absolute Gasteiger partial charge is 0.417 e. The average molecular weight is 632 g/mol. The number of para-hydroxylation sites is 1. The summed E-state index contributed by atoms with van der Waals surface area (Å²) in [4.78, 5) is 55.4. The fraction of sp³-hybridized carbons (Fsp3) is 0.258. The van der Waals surface area contributed by atoms with Gasteiger partial charge >= 0.3 is 23.9 Å². The maximum Gasteiger partial charge on any atom is 0.417 e. The summed E-state index contributed by atoms with van der Waals surface area (Å²) < 4.78 is 12.3. The van der Waals surface area contributed by atoms with Crippen LogP contribution in [0, 0.1) is 0 Å². The highest BCUT2D eigenvalue weighted by Crippen LogP contribution is 2.30. The fourth-order valence-electron chi connectivity index (χ4n) is 4.73. The van der Waals surface area contributed by atoms with E-state index >= 15 is 0 Å². The number of benzene rings is 3. The van der Waals surface area contributed by atoms with Crippen molar-refractivity contribution in [3.05, 3.63) is 89.7 Å². The third-order valence-corrected chi connectivity index (χ3v) is 6.95. The molecule has 0 saturated carbocycles. The average Bonchev–Trinajstić information content (AvgIpc) is 3.53. The number of carbonyl (C=O) groups is 4. The molecule has 4 aromatic rings. The zero-order chi connectivity index (χ0) is 32.1. The number of carbonyl (C=O) groups excluding carboxylic acids is 4. The van der Waals surface area contributed by atoms with Crippen molar-refractivity contribution >= 4 is 46.9 Å². The molecule has 3 amide bonds.